The van der Waals surface area contributed by atoms with Gasteiger partial charge in [-0.05, 0) is 25.0 Å². The molecule has 0 aliphatic carbocycles. The molecule has 3 amide bonds. The van der Waals surface area contributed by atoms with Gasteiger partial charge in [-0.25, -0.2) is 4.98 Å². The number of aromatic nitrogens is 1. The summed E-state index contributed by atoms with van der Waals surface area (Å²) in [5.74, 6) is -0.691. The molecule has 2 heterocycles. The van der Waals surface area contributed by atoms with Crippen LogP contribution in [0.15, 0.2) is 18.3 Å². The maximum atomic E-state index is 12.3. The Morgan fingerprint density at radius 2 is 2.17 bits per heavy atom. The highest BCUT2D eigenvalue weighted by molar-refractivity contribution is 6.30. The van der Waals surface area contributed by atoms with Crippen LogP contribution in [0.4, 0.5) is 5.82 Å². The van der Waals surface area contributed by atoms with E-state index in [1.807, 2.05) is 0 Å². The van der Waals surface area contributed by atoms with Gasteiger partial charge in [-0.15, -0.1) is 0 Å². The molecule has 0 aromatic carbocycles. The van der Waals surface area contributed by atoms with E-state index in [9.17, 15) is 14.4 Å². The van der Waals surface area contributed by atoms with Crippen LogP contribution in [-0.4, -0.2) is 53.8 Å². The molecule has 2 rings (SSSR count). The summed E-state index contributed by atoms with van der Waals surface area (Å²) in [5, 5.41) is 5.65. The summed E-state index contributed by atoms with van der Waals surface area (Å²) in [4.78, 5) is 41.1. The number of hydrogen-bond donors (Lipinski definition) is 3. The Morgan fingerprint density at radius 3 is 2.83 bits per heavy atom. The van der Waals surface area contributed by atoms with Crippen LogP contribution in [0.1, 0.15) is 12.8 Å². The van der Waals surface area contributed by atoms with E-state index < -0.39 is 0 Å². The lowest BCUT2D eigenvalue weighted by molar-refractivity contribution is -0.135. The van der Waals surface area contributed by atoms with Crippen molar-refractivity contribution in [1.82, 2.24) is 15.2 Å². The van der Waals surface area contributed by atoms with E-state index in [4.69, 9.17) is 17.3 Å². The van der Waals surface area contributed by atoms with Crippen LogP contribution in [0.2, 0.25) is 5.02 Å². The molecule has 0 radical (unpaired) electrons. The number of piperidine rings is 1. The van der Waals surface area contributed by atoms with E-state index in [2.05, 4.69) is 15.6 Å². The maximum Gasteiger partial charge on any atom is 0.241 e. The average molecular weight is 354 g/mol. The monoisotopic (exact) mass is 353 g/mol. The molecule has 1 aromatic rings. The number of carbonyl (C=O) groups is 3. The highest BCUT2D eigenvalue weighted by atomic mass is 35.5. The van der Waals surface area contributed by atoms with Crippen LogP contribution in [0.25, 0.3) is 0 Å². The summed E-state index contributed by atoms with van der Waals surface area (Å²) in [6, 6.07) is 3.26. The Kier molecular flexibility index (Phi) is 6.51. The third kappa shape index (κ3) is 5.17. The van der Waals surface area contributed by atoms with Crippen molar-refractivity contribution in [1.29, 1.82) is 0 Å². The number of rotatable bonds is 5. The van der Waals surface area contributed by atoms with Gasteiger partial charge in [0.15, 0.2) is 0 Å². The second kappa shape index (κ2) is 8.60. The fourth-order valence-corrected chi connectivity index (χ4v) is 2.57. The van der Waals surface area contributed by atoms with Gasteiger partial charge in [0, 0.05) is 19.3 Å². The Bertz CT molecular complexity index is 608. The molecular formula is C15H20ClN5O3. The predicted molar refractivity (Wildman–Crippen MR) is 89.2 cm³/mol. The molecule has 4 N–H and O–H groups in total. The zero-order valence-corrected chi connectivity index (χ0v) is 13.9. The Hall–Kier alpha value is -2.19. The van der Waals surface area contributed by atoms with E-state index in [1.54, 1.807) is 17.0 Å². The van der Waals surface area contributed by atoms with Crippen molar-refractivity contribution in [2.45, 2.75) is 12.8 Å². The van der Waals surface area contributed by atoms with Crippen molar-refractivity contribution >= 4 is 35.1 Å². The number of halogens is 1. The largest absolute Gasteiger partial charge is 0.346 e. The highest BCUT2D eigenvalue weighted by Crippen LogP contribution is 2.19. The molecule has 0 bridgehead atoms. The quantitative estimate of drug-likeness (QED) is 0.688. The van der Waals surface area contributed by atoms with Gasteiger partial charge < -0.3 is 21.3 Å². The molecule has 9 heteroatoms. The van der Waals surface area contributed by atoms with Crippen molar-refractivity contribution in [3.05, 3.63) is 23.4 Å². The first kappa shape index (κ1) is 18.2. The number of nitrogens with one attached hydrogen (secondary N) is 2. The molecule has 1 fully saturated rings. The number of hydrogen-bond acceptors (Lipinski definition) is 5. The number of nitrogens with two attached hydrogens (primary N) is 1. The molecule has 1 aromatic heterocycles. The normalized spacial score (nSPS) is 17.2. The minimum atomic E-state index is -0.386. The molecule has 1 atom stereocenters. The maximum absolute atomic E-state index is 12.3. The van der Waals surface area contributed by atoms with Gasteiger partial charge in [0.05, 0.1) is 24.0 Å². The van der Waals surface area contributed by atoms with E-state index in [1.165, 1.54) is 6.20 Å². The molecule has 1 aliphatic rings. The first-order valence-corrected chi connectivity index (χ1v) is 8.04. The smallest absolute Gasteiger partial charge is 0.241 e. The number of amides is 3. The van der Waals surface area contributed by atoms with Crippen molar-refractivity contribution < 1.29 is 14.4 Å². The summed E-state index contributed by atoms with van der Waals surface area (Å²) >= 11 is 5.76. The van der Waals surface area contributed by atoms with Gasteiger partial charge in [0.1, 0.15) is 5.82 Å². The molecule has 130 valence electrons. The zero-order chi connectivity index (χ0) is 17.5. The van der Waals surface area contributed by atoms with Crippen molar-refractivity contribution in [3.8, 4) is 0 Å². The summed E-state index contributed by atoms with van der Waals surface area (Å²) in [7, 11) is 0. The minimum Gasteiger partial charge on any atom is -0.346 e. The SMILES string of the molecule is NCC(=O)NCC(=O)N1CCCC(C(=O)Nc2ccc(Cl)cn2)C1. The zero-order valence-electron chi connectivity index (χ0n) is 13.1. The van der Waals surface area contributed by atoms with Crippen LogP contribution in [0.5, 0.6) is 0 Å². The van der Waals surface area contributed by atoms with Crippen LogP contribution < -0.4 is 16.4 Å². The Balaban J connectivity index is 1.87. The number of likely N-dealkylation sites (tertiary alicyclic amines) is 1. The lowest BCUT2D eigenvalue weighted by atomic mass is 9.97. The van der Waals surface area contributed by atoms with Crippen LogP contribution in [0, 0.1) is 5.92 Å². The second-order valence-electron chi connectivity index (χ2n) is 5.51. The van der Waals surface area contributed by atoms with Crippen molar-refractivity contribution in [2.75, 3.05) is 31.5 Å². The van der Waals surface area contributed by atoms with E-state index in [-0.39, 0.29) is 36.7 Å². The molecule has 0 saturated carbocycles. The van der Waals surface area contributed by atoms with Gasteiger partial charge in [-0.2, -0.15) is 0 Å². The predicted octanol–water partition coefficient (Wildman–Crippen LogP) is -0.0130. The number of anilines is 1. The summed E-state index contributed by atoms with van der Waals surface area (Å²) in [5.41, 5.74) is 5.18. The van der Waals surface area contributed by atoms with Gasteiger partial charge in [-0.3, -0.25) is 14.4 Å². The third-order valence-electron chi connectivity index (χ3n) is 3.75. The van der Waals surface area contributed by atoms with E-state index in [0.29, 0.717) is 30.4 Å². The lowest BCUT2D eigenvalue weighted by Crippen LogP contribution is -2.48. The molecule has 0 spiro atoms. The van der Waals surface area contributed by atoms with Gasteiger partial charge in [0.2, 0.25) is 17.7 Å². The number of pyridine rings is 1. The van der Waals surface area contributed by atoms with Crippen LogP contribution in [0.3, 0.4) is 0 Å². The lowest BCUT2D eigenvalue weighted by Gasteiger charge is -2.32. The summed E-state index contributed by atoms with van der Waals surface area (Å²) in [6.07, 6.45) is 2.87. The molecule has 1 aliphatic heterocycles. The van der Waals surface area contributed by atoms with E-state index in [0.717, 1.165) is 6.42 Å². The molecule has 8 nitrogen and oxygen atoms in total. The van der Waals surface area contributed by atoms with E-state index >= 15 is 0 Å². The topological polar surface area (TPSA) is 117 Å². The molecule has 1 saturated heterocycles. The summed E-state index contributed by atoms with van der Waals surface area (Å²) in [6.45, 7) is 0.618. The Morgan fingerprint density at radius 1 is 1.38 bits per heavy atom. The van der Waals surface area contributed by atoms with Gasteiger partial charge >= 0.3 is 0 Å². The molecular weight excluding hydrogens is 334 g/mol. The first-order valence-electron chi connectivity index (χ1n) is 7.66. The van der Waals surface area contributed by atoms with Crippen LogP contribution in [-0.2, 0) is 14.4 Å². The van der Waals surface area contributed by atoms with Crippen molar-refractivity contribution in [3.63, 3.8) is 0 Å². The van der Waals surface area contributed by atoms with Gasteiger partial charge in [0.25, 0.3) is 0 Å². The third-order valence-corrected chi connectivity index (χ3v) is 3.97. The Labute approximate surface area is 144 Å². The average Bonchev–Trinajstić information content (AvgIpc) is 2.61. The number of carbonyl (C=O) groups excluding carboxylic acids is 3. The highest BCUT2D eigenvalue weighted by Gasteiger charge is 2.28. The fourth-order valence-electron chi connectivity index (χ4n) is 2.45. The fraction of sp³-hybridized carbons (Fsp3) is 0.467. The standard InChI is InChI=1S/C15H20ClN5O3/c16-11-3-4-12(18-7-11)20-15(24)10-2-1-5-21(9-10)14(23)8-19-13(22)6-17/h3-4,7,10H,1-2,5-6,8-9,17H2,(H,19,22)(H,18,20,24). The van der Waals surface area contributed by atoms with Crippen LogP contribution >= 0.6 is 11.6 Å². The minimum absolute atomic E-state index is 0.108. The summed E-state index contributed by atoms with van der Waals surface area (Å²) < 4.78 is 0. The molecule has 1 unspecified atom stereocenters. The first-order chi connectivity index (χ1) is 11.5. The van der Waals surface area contributed by atoms with Gasteiger partial charge in [-0.1, -0.05) is 11.6 Å². The van der Waals surface area contributed by atoms with Crippen molar-refractivity contribution in [2.24, 2.45) is 11.7 Å². The molecule has 24 heavy (non-hydrogen) atoms. The second-order valence-corrected chi connectivity index (χ2v) is 5.95. The number of nitrogens with zero attached hydrogens (tertiary/aromatic N) is 2.